The van der Waals surface area contributed by atoms with E-state index in [0.29, 0.717) is 23.4 Å². The number of urea groups is 1. The van der Waals surface area contributed by atoms with Crippen molar-refractivity contribution >= 4 is 33.8 Å². The van der Waals surface area contributed by atoms with Crippen LogP contribution in [0.2, 0.25) is 0 Å². The highest BCUT2D eigenvalue weighted by Gasteiger charge is 2.50. The summed E-state index contributed by atoms with van der Waals surface area (Å²) in [6, 6.07) is 11.8. The van der Waals surface area contributed by atoms with Crippen LogP contribution in [0.1, 0.15) is 21.5 Å². The average Bonchev–Trinajstić information content (AvgIpc) is 3.11. The van der Waals surface area contributed by atoms with Gasteiger partial charge < -0.3 is 15.0 Å². The van der Waals surface area contributed by atoms with Crippen molar-refractivity contribution in [1.29, 1.82) is 0 Å². The van der Waals surface area contributed by atoms with E-state index in [1.54, 1.807) is 48.4 Å². The first-order valence-electron chi connectivity index (χ1n) is 8.29. The van der Waals surface area contributed by atoms with E-state index in [1.807, 2.05) is 6.07 Å². The van der Waals surface area contributed by atoms with Crippen LogP contribution in [0.25, 0.3) is 0 Å². The maximum atomic E-state index is 12.8. The summed E-state index contributed by atoms with van der Waals surface area (Å²) in [5.74, 6) is 0.00665. The monoisotopic (exact) mass is 429 g/mol. The number of hydrogen-bond donors (Lipinski definition) is 2. The van der Waals surface area contributed by atoms with Crippen LogP contribution in [0.4, 0.5) is 4.79 Å². The molecule has 1 saturated heterocycles. The number of imide groups is 1. The molecule has 27 heavy (non-hydrogen) atoms. The number of carbonyl (C=O) groups is 3. The first-order valence-corrected chi connectivity index (χ1v) is 9.08. The molecule has 8 heteroatoms. The second kappa shape index (κ2) is 6.38. The number of halogens is 1. The Morgan fingerprint density at radius 2 is 1.89 bits per heavy atom. The topological polar surface area (TPSA) is 87.7 Å². The van der Waals surface area contributed by atoms with Gasteiger partial charge in [-0.1, -0.05) is 28.1 Å². The molecule has 0 saturated carbocycles. The van der Waals surface area contributed by atoms with Crippen LogP contribution in [0.5, 0.6) is 5.75 Å². The molecule has 0 radical (unpaired) electrons. The van der Waals surface area contributed by atoms with E-state index in [1.165, 1.54) is 0 Å². The predicted octanol–water partition coefficient (Wildman–Crippen LogP) is 2.15. The molecule has 2 heterocycles. The highest BCUT2D eigenvalue weighted by atomic mass is 79.9. The second-order valence-electron chi connectivity index (χ2n) is 6.50. The van der Waals surface area contributed by atoms with Crippen molar-refractivity contribution in [2.75, 3.05) is 13.7 Å². The molecule has 4 rings (SSSR count). The normalized spacial score (nSPS) is 21.1. The van der Waals surface area contributed by atoms with Gasteiger partial charge in [-0.25, -0.2) is 4.79 Å². The zero-order valence-corrected chi connectivity index (χ0v) is 16.0. The molecule has 2 aromatic rings. The lowest BCUT2D eigenvalue weighted by atomic mass is 9.89. The van der Waals surface area contributed by atoms with Gasteiger partial charge in [0.2, 0.25) is 0 Å². The van der Waals surface area contributed by atoms with Crippen LogP contribution >= 0.6 is 15.9 Å². The average molecular weight is 430 g/mol. The fourth-order valence-electron chi connectivity index (χ4n) is 3.53. The molecule has 1 atom stereocenters. The van der Waals surface area contributed by atoms with Gasteiger partial charge in [-0.3, -0.25) is 14.9 Å². The van der Waals surface area contributed by atoms with Gasteiger partial charge in [-0.05, 0) is 41.5 Å². The SMILES string of the molecule is COc1ccc2c(c1)CN(C[C@@]1(c3ccc(Br)cc3)NC(=O)NC1=O)C2=O. The zero-order valence-electron chi connectivity index (χ0n) is 14.4. The quantitative estimate of drug-likeness (QED) is 0.728. The van der Waals surface area contributed by atoms with Gasteiger partial charge >= 0.3 is 6.03 Å². The predicted molar refractivity (Wildman–Crippen MR) is 100 cm³/mol. The fourth-order valence-corrected chi connectivity index (χ4v) is 3.79. The fraction of sp³-hybridized carbons (Fsp3) is 0.211. The molecule has 0 bridgehead atoms. The molecule has 0 unspecified atom stereocenters. The van der Waals surface area contributed by atoms with E-state index in [2.05, 4.69) is 26.6 Å². The van der Waals surface area contributed by atoms with Crippen molar-refractivity contribution in [1.82, 2.24) is 15.5 Å². The Morgan fingerprint density at radius 1 is 1.15 bits per heavy atom. The summed E-state index contributed by atoms with van der Waals surface area (Å²) in [4.78, 5) is 39.0. The second-order valence-corrected chi connectivity index (χ2v) is 7.42. The van der Waals surface area contributed by atoms with Gasteiger partial charge in [0.15, 0.2) is 5.54 Å². The van der Waals surface area contributed by atoms with Crippen molar-refractivity contribution in [2.45, 2.75) is 12.1 Å². The minimum absolute atomic E-state index is 0.0298. The van der Waals surface area contributed by atoms with E-state index in [-0.39, 0.29) is 12.5 Å². The number of fused-ring (bicyclic) bond motifs is 1. The van der Waals surface area contributed by atoms with Crippen LogP contribution in [-0.4, -0.2) is 36.4 Å². The highest BCUT2D eigenvalue weighted by Crippen LogP contribution is 2.32. The van der Waals surface area contributed by atoms with Crippen molar-refractivity contribution in [2.24, 2.45) is 0 Å². The number of rotatable bonds is 4. The molecule has 0 aliphatic carbocycles. The van der Waals surface area contributed by atoms with Crippen molar-refractivity contribution in [3.63, 3.8) is 0 Å². The van der Waals surface area contributed by atoms with E-state index < -0.39 is 17.5 Å². The van der Waals surface area contributed by atoms with Gasteiger partial charge in [0.25, 0.3) is 11.8 Å². The lowest BCUT2D eigenvalue weighted by molar-refractivity contribution is -0.124. The third-order valence-electron chi connectivity index (χ3n) is 4.90. The largest absolute Gasteiger partial charge is 0.497 e. The maximum absolute atomic E-state index is 12.8. The lowest BCUT2D eigenvalue weighted by Gasteiger charge is -2.31. The number of methoxy groups -OCH3 is 1. The number of carbonyl (C=O) groups excluding carboxylic acids is 3. The molecule has 2 aliphatic rings. The number of nitrogens with one attached hydrogen (secondary N) is 2. The third kappa shape index (κ3) is 2.86. The zero-order chi connectivity index (χ0) is 19.2. The summed E-state index contributed by atoms with van der Waals surface area (Å²) >= 11 is 3.37. The van der Waals surface area contributed by atoms with Crippen LogP contribution < -0.4 is 15.4 Å². The minimum Gasteiger partial charge on any atom is -0.497 e. The van der Waals surface area contributed by atoms with E-state index in [4.69, 9.17) is 4.74 Å². The molecule has 2 N–H and O–H groups in total. The number of amides is 4. The molecule has 2 aliphatic heterocycles. The minimum atomic E-state index is -1.33. The van der Waals surface area contributed by atoms with Gasteiger partial charge in [-0.2, -0.15) is 0 Å². The van der Waals surface area contributed by atoms with Crippen molar-refractivity contribution in [3.8, 4) is 5.75 Å². The Balaban J connectivity index is 1.69. The first kappa shape index (κ1) is 17.5. The van der Waals surface area contributed by atoms with Crippen LogP contribution in [0.3, 0.4) is 0 Å². The van der Waals surface area contributed by atoms with Crippen LogP contribution in [0, 0.1) is 0 Å². The molecule has 138 valence electrons. The molecule has 1 fully saturated rings. The smallest absolute Gasteiger partial charge is 0.322 e. The molecule has 2 aromatic carbocycles. The molecule has 0 spiro atoms. The molecular weight excluding hydrogens is 414 g/mol. The van der Waals surface area contributed by atoms with Gasteiger partial charge in [0.05, 0.1) is 13.7 Å². The Morgan fingerprint density at radius 3 is 2.52 bits per heavy atom. The van der Waals surface area contributed by atoms with Crippen LogP contribution in [-0.2, 0) is 16.9 Å². The van der Waals surface area contributed by atoms with Gasteiger partial charge in [0.1, 0.15) is 5.75 Å². The Bertz CT molecular complexity index is 960. The van der Waals surface area contributed by atoms with E-state index >= 15 is 0 Å². The van der Waals surface area contributed by atoms with Crippen molar-refractivity contribution < 1.29 is 19.1 Å². The Kier molecular flexibility index (Phi) is 4.15. The summed E-state index contributed by atoms with van der Waals surface area (Å²) in [6.07, 6.45) is 0. The van der Waals surface area contributed by atoms with Crippen molar-refractivity contribution in [3.05, 3.63) is 63.6 Å². The highest BCUT2D eigenvalue weighted by molar-refractivity contribution is 9.10. The summed E-state index contributed by atoms with van der Waals surface area (Å²) in [7, 11) is 1.57. The molecular formula is C19H16BrN3O4. The standard InChI is InChI=1S/C19H16BrN3O4/c1-27-14-6-7-15-11(8-14)9-23(16(15)24)10-19(17(25)21-18(26)22-19)12-2-4-13(20)5-3-12/h2-8H,9-10H2,1H3,(H2,21,22,25,26)/t19-/m0/s1. The molecule has 4 amide bonds. The number of ether oxygens (including phenoxy) is 1. The third-order valence-corrected chi connectivity index (χ3v) is 5.43. The van der Waals surface area contributed by atoms with Crippen LogP contribution in [0.15, 0.2) is 46.9 Å². The number of nitrogens with zero attached hydrogens (tertiary/aromatic N) is 1. The van der Waals surface area contributed by atoms with E-state index in [9.17, 15) is 14.4 Å². The summed E-state index contributed by atoms with van der Waals surface area (Å²) < 4.78 is 6.07. The number of benzene rings is 2. The summed E-state index contributed by atoms with van der Waals surface area (Å²) in [5, 5.41) is 5.01. The van der Waals surface area contributed by atoms with E-state index in [0.717, 1.165) is 10.0 Å². The Hall–Kier alpha value is -2.87. The summed E-state index contributed by atoms with van der Waals surface area (Å²) in [5.41, 5.74) is 0.677. The maximum Gasteiger partial charge on any atom is 0.322 e. The van der Waals surface area contributed by atoms with Gasteiger partial charge in [-0.15, -0.1) is 0 Å². The first-order chi connectivity index (χ1) is 12.9. The summed E-state index contributed by atoms with van der Waals surface area (Å²) in [6.45, 7) is 0.370. The molecule has 7 nitrogen and oxygen atoms in total. The molecule has 0 aromatic heterocycles. The Labute approximate surface area is 163 Å². The lowest BCUT2D eigenvalue weighted by Crippen LogP contribution is -2.52. The van der Waals surface area contributed by atoms with Gasteiger partial charge in [0, 0.05) is 16.6 Å². The number of hydrogen-bond acceptors (Lipinski definition) is 4.